The van der Waals surface area contributed by atoms with Crippen molar-refractivity contribution in [2.75, 3.05) is 5.75 Å². The van der Waals surface area contributed by atoms with Gasteiger partial charge in [-0.3, -0.25) is 0 Å². The molecule has 1 aliphatic heterocycles. The third-order valence-electron chi connectivity index (χ3n) is 2.65. The van der Waals surface area contributed by atoms with E-state index in [0.29, 0.717) is 6.07 Å². The van der Waals surface area contributed by atoms with Crippen molar-refractivity contribution in [3.8, 4) is 6.07 Å². The summed E-state index contributed by atoms with van der Waals surface area (Å²) in [6, 6.07) is 2.78. The SMILES string of the molecule is N#Cc1c(C(F)(F)F)ccc2c1S(=O)(=O)CC2O. The molecule has 96 valence electrons. The van der Waals surface area contributed by atoms with Crippen molar-refractivity contribution in [2.24, 2.45) is 0 Å². The number of halogens is 3. The fraction of sp³-hybridized carbons (Fsp3) is 0.300. The van der Waals surface area contributed by atoms with Gasteiger partial charge in [-0.05, 0) is 6.07 Å². The van der Waals surface area contributed by atoms with Crippen LogP contribution in [0.15, 0.2) is 17.0 Å². The number of rotatable bonds is 0. The first kappa shape index (κ1) is 12.9. The van der Waals surface area contributed by atoms with Crippen LogP contribution in [0.25, 0.3) is 0 Å². The summed E-state index contributed by atoms with van der Waals surface area (Å²) in [6.45, 7) is 0. The van der Waals surface area contributed by atoms with E-state index in [1.54, 1.807) is 0 Å². The lowest BCUT2D eigenvalue weighted by molar-refractivity contribution is -0.138. The third kappa shape index (κ3) is 1.76. The molecule has 0 aromatic heterocycles. The van der Waals surface area contributed by atoms with E-state index in [-0.39, 0.29) is 5.56 Å². The predicted octanol–water partition coefficient (Wildman–Crippen LogP) is 1.40. The quantitative estimate of drug-likeness (QED) is 0.777. The Balaban J connectivity index is 2.87. The van der Waals surface area contributed by atoms with Crippen LogP contribution in [0.4, 0.5) is 13.2 Å². The number of aliphatic hydroxyl groups excluding tert-OH is 1. The van der Waals surface area contributed by atoms with E-state index in [4.69, 9.17) is 5.26 Å². The predicted molar refractivity (Wildman–Crippen MR) is 53.2 cm³/mol. The van der Waals surface area contributed by atoms with Crippen molar-refractivity contribution in [1.82, 2.24) is 0 Å². The highest BCUT2D eigenvalue weighted by molar-refractivity contribution is 7.91. The number of hydrogen-bond acceptors (Lipinski definition) is 4. The number of nitriles is 1. The van der Waals surface area contributed by atoms with Gasteiger partial charge in [0.25, 0.3) is 0 Å². The third-order valence-corrected chi connectivity index (χ3v) is 4.47. The molecule has 1 aromatic carbocycles. The molecule has 0 spiro atoms. The number of hydrogen-bond donors (Lipinski definition) is 1. The van der Waals surface area contributed by atoms with Crippen LogP contribution in [0.1, 0.15) is 22.8 Å². The Hall–Kier alpha value is -1.59. The van der Waals surface area contributed by atoms with Crippen LogP contribution in [0, 0.1) is 11.3 Å². The summed E-state index contributed by atoms with van der Waals surface area (Å²) < 4.78 is 61.2. The molecular formula is C10H6F3NO3S. The highest BCUT2D eigenvalue weighted by atomic mass is 32.2. The van der Waals surface area contributed by atoms with Gasteiger partial charge in [0, 0.05) is 5.56 Å². The van der Waals surface area contributed by atoms with Gasteiger partial charge in [0.15, 0.2) is 9.84 Å². The van der Waals surface area contributed by atoms with Crippen molar-refractivity contribution in [3.05, 3.63) is 28.8 Å². The molecule has 0 saturated carbocycles. The van der Waals surface area contributed by atoms with Crippen LogP contribution in [0.5, 0.6) is 0 Å². The van der Waals surface area contributed by atoms with Crippen LogP contribution in [0.2, 0.25) is 0 Å². The van der Waals surface area contributed by atoms with Gasteiger partial charge in [-0.2, -0.15) is 18.4 Å². The van der Waals surface area contributed by atoms with Crippen molar-refractivity contribution < 1.29 is 26.7 Å². The van der Waals surface area contributed by atoms with Crippen molar-refractivity contribution >= 4 is 9.84 Å². The van der Waals surface area contributed by atoms with E-state index in [9.17, 15) is 26.7 Å². The molecule has 18 heavy (non-hydrogen) atoms. The zero-order chi connectivity index (χ0) is 13.7. The molecule has 4 nitrogen and oxygen atoms in total. The monoisotopic (exact) mass is 277 g/mol. The Morgan fingerprint density at radius 3 is 2.50 bits per heavy atom. The minimum absolute atomic E-state index is 0.153. The maximum atomic E-state index is 12.6. The fourth-order valence-electron chi connectivity index (χ4n) is 1.92. The van der Waals surface area contributed by atoms with E-state index < -0.39 is 43.9 Å². The fourth-order valence-corrected chi connectivity index (χ4v) is 3.72. The van der Waals surface area contributed by atoms with Gasteiger partial charge in [-0.1, -0.05) is 6.07 Å². The minimum atomic E-state index is -4.82. The number of alkyl halides is 3. The summed E-state index contributed by atoms with van der Waals surface area (Å²) in [5, 5.41) is 18.2. The van der Waals surface area contributed by atoms with E-state index in [1.165, 1.54) is 6.07 Å². The van der Waals surface area contributed by atoms with Crippen LogP contribution < -0.4 is 0 Å². The standard InChI is InChI=1S/C10H6F3NO3S/c11-10(12,13)7-2-1-5-8(15)4-18(16,17)9(5)6(7)3-14/h1-2,8,15H,4H2. The van der Waals surface area contributed by atoms with E-state index in [2.05, 4.69) is 0 Å². The van der Waals surface area contributed by atoms with Gasteiger partial charge in [-0.15, -0.1) is 0 Å². The second kappa shape index (κ2) is 3.70. The maximum absolute atomic E-state index is 12.6. The topological polar surface area (TPSA) is 78.2 Å². The van der Waals surface area contributed by atoms with Gasteiger partial charge in [0.1, 0.15) is 6.07 Å². The van der Waals surface area contributed by atoms with Gasteiger partial charge < -0.3 is 5.11 Å². The second-order valence-corrected chi connectivity index (χ2v) is 5.78. The first-order valence-electron chi connectivity index (χ1n) is 4.73. The summed E-state index contributed by atoms with van der Waals surface area (Å²) >= 11 is 0. The molecule has 1 aromatic rings. The lowest BCUT2D eigenvalue weighted by Gasteiger charge is -2.11. The van der Waals surface area contributed by atoms with Crippen LogP contribution >= 0.6 is 0 Å². The molecular weight excluding hydrogens is 271 g/mol. The molecule has 1 unspecified atom stereocenters. The van der Waals surface area contributed by atoms with E-state index in [1.807, 2.05) is 0 Å². The summed E-state index contributed by atoms with van der Waals surface area (Å²) in [6.07, 6.45) is -6.21. The van der Waals surface area contributed by atoms with Crippen LogP contribution in [-0.4, -0.2) is 19.3 Å². The molecule has 0 radical (unpaired) electrons. The smallest absolute Gasteiger partial charge is 0.387 e. The zero-order valence-electron chi connectivity index (χ0n) is 8.69. The molecule has 0 bridgehead atoms. The number of aliphatic hydroxyl groups is 1. The number of benzene rings is 1. The lowest BCUT2D eigenvalue weighted by Crippen LogP contribution is -2.11. The average Bonchev–Trinajstić information content (AvgIpc) is 2.47. The van der Waals surface area contributed by atoms with Crippen molar-refractivity contribution in [3.63, 3.8) is 0 Å². The van der Waals surface area contributed by atoms with Gasteiger partial charge in [-0.25, -0.2) is 8.42 Å². The summed E-state index contributed by atoms with van der Waals surface area (Å²) in [4.78, 5) is -0.702. The Morgan fingerprint density at radius 2 is 2.00 bits per heavy atom. The highest BCUT2D eigenvalue weighted by Crippen LogP contribution is 2.41. The molecule has 0 saturated heterocycles. The normalized spacial score (nSPS) is 21.4. The molecule has 0 fully saturated rings. The highest BCUT2D eigenvalue weighted by Gasteiger charge is 2.42. The number of fused-ring (bicyclic) bond motifs is 1. The van der Waals surface area contributed by atoms with E-state index >= 15 is 0 Å². The Labute approximate surface area is 100 Å². The Bertz CT molecular complexity index is 658. The molecule has 0 aliphatic carbocycles. The summed E-state index contributed by atoms with van der Waals surface area (Å²) in [5.41, 5.74) is -2.41. The molecule has 1 atom stereocenters. The molecule has 1 N–H and O–H groups in total. The lowest BCUT2D eigenvalue weighted by atomic mass is 10.0. The Morgan fingerprint density at radius 1 is 1.39 bits per heavy atom. The largest absolute Gasteiger partial charge is 0.417 e. The molecule has 2 rings (SSSR count). The zero-order valence-corrected chi connectivity index (χ0v) is 9.51. The van der Waals surface area contributed by atoms with Crippen molar-refractivity contribution in [2.45, 2.75) is 17.2 Å². The van der Waals surface area contributed by atoms with Gasteiger partial charge >= 0.3 is 6.18 Å². The van der Waals surface area contributed by atoms with E-state index in [0.717, 1.165) is 6.07 Å². The molecule has 1 heterocycles. The maximum Gasteiger partial charge on any atom is 0.417 e. The molecule has 8 heteroatoms. The first-order chi connectivity index (χ1) is 8.18. The van der Waals surface area contributed by atoms with Crippen molar-refractivity contribution in [1.29, 1.82) is 5.26 Å². The minimum Gasteiger partial charge on any atom is -0.387 e. The van der Waals surface area contributed by atoms with Gasteiger partial charge in [0.2, 0.25) is 0 Å². The molecule has 1 aliphatic rings. The number of nitrogens with zero attached hydrogens (tertiary/aromatic N) is 1. The van der Waals surface area contributed by atoms with Crippen LogP contribution in [0.3, 0.4) is 0 Å². The second-order valence-electron chi connectivity index (χ2n) is 3.81. The number of sulfone groups is 1. The summed E-state index contributed by atoms with van der Waals surface area (Å²) in [7, 11) is -4.05. The first-order valence-corrected chi connectivity index (χ1v) is 6.38. The Kier molecular flexibility index (Phi) is 2.64. The molecule has 0 amide bonds. The van der Waals surface area contributed by atoms with Crippen LogP contribution in [-0.2, 0) is 16.0 Å². The van der Waals surface area contributed by atoms with Gasteiger partial charge in [0.05, 0.1) is 27.9 Å². The summed E-state index contributed by atoms with van der Waals surface area (Å²) in [5.74, 6) is -0.696. The average molecular weight is 277 g/mol.